The number of aromatic nitrogens is 2. The number of hydrogen-bond donors (Lipinski definition) is 0. The first kappa shape index (κ1) is 22.3. The summed E-state index contributed by atoms with van der Waals surface area (Å²) < 4.78 is 10.7. The Labute approximate surface area is 192 Å². The Kier molecular flexibility index (Phi) is 7.07. The van der Waals surface area contributed by atoms with Crippen LogP contribution in [0.4, 0.5) is 0 Å². The molecule has 0 radical (unpaired) electrons. The van der Waals surface area contributed by atoms with E-state index >= 15 is 0 Å². The Bertz CT molecular complexity index is 1060. The van der Waals surface area contributed by atoms with E-state index in [-0.39, 0.29) is 5.91 Å². The monoisotopic (exact) mass is 454 g/mol. The van der Waals surface area contributed by atoms with Crippen LogP contribution in [0.15, 0.2) is 47.0 Å². The molecule has 0 spiro atoms. The molecule has 8 heteroatoms. The molecule has 3 aromatic rings. The first-order chi connectivity index (χ1) is 15.5. The molecule has 4 rings (SSSR count). The minimum Gasteiger partial charge on any atom is -0.496 e. The average molecular weight is 455 g/mol. The van der Waals surface area contributed by atoms with Crippen molar-refractivity contribution in [2.24, 2.45) is 0 Å². The minimum atomic E-state index is -0.0431. The van der Waals surface area contributed by atoms with Crippen LogP contribution in [0.2, 0.25) is 5.02 Å². The second kappa shape index (κ2) is 10.1. The first-order valence-electron chi connectivity index (χ1n) is 10.8. The third kappa shape index (κ3) is 5.29. The van der Waals surface area contributed by atoms with Crippen LogP contribution < -0.4 is 4.74 Å². The molecule has 0 bridgehead atoms. The summed E-state index contributed by atoms with van der Waals surface area (Å²) in [6.45, 7) is 5.97. The van der Waals surface area contributed by atoms with Crippen molar-refractivity contribution in [2.45, 2.75) is 19.8 Å². The maximum Gasteiger partial charge on any atom is 0.257 e. The lowest BCUT2D eigenvalue weighted by Crippen LogP contribution is -2.48. The van der Waals surface area contributed by atoms with E-state index < -0.39 is 0 Å². The largest absolute Gasteiger partial charge is 0.496 e. The third-order valence-electron chi connectivity index (χ3n) is 5.69. The molecule has 1 aliphatic rings. The van der Waals surface area contributed by atoms with Gasteiger partial charge in [0.2, 0.25) is 11.7 Å². The van der Waals surface area contributed by atoms with Gasteiger partial charge in [-0.1, -0.05) is 46.6 Å². The highest BCUT2D eigenvalue weighted by molar-refractivity contribution is 6.31. The topological polar surface area (TPSA) is 71.7 Å². The van der Waals surface area contributed by atoms with E-state index in [1.807, 2.05) is 29.2 Å². The molecular formula is C24H27ClN4O3. The Balaban J connectivity index is 1.24. The molecule has 0 aliphatic carbocycles. The van der Waals surface area contributed by atoms with E-state index in [1.54, 1.807) is 25.3 Å². The molecule has 2 aromatic carbocycles. The summed E-state index contributed by atoms with van der Waals surface area (Å²) in [6, 6.07) is 13.2. The predicted molar refractivity (Wildman–Crippen MR) is 123 cm³/mol. The van der Waals surface area contributed by atoms with Crippen molar-refractivity contribution < 1.29 is 14.1 Å². The Morgan fingerprint density at radius 2 is 1.88 bits per heavy atom. The molecule has 0 unspecified atom stereocenters. The fourth-order valence-electron chi connectivity index (χ4n) is 3.82. The van der Waals surface area contributed by atoms with Crippen LogP contribution in [0.1, 0.15) is 28.2 Å². The van der Waals surface area contributed by atoms with Gasteiger partial charge in [0, 0.05) is 43.2 Å². The van der Waals surface area contributed by atoms with E-state index in [9.17, 15) is 4.79 Å². The zero-order chi connectivity index (χ0) is 22.5. The van der Waals surface area contributed by atoms with Gasteiger partial charge in [0.25, 0.3) is 5.91 Å². The number of benzene rings is 2. The number of aryl methyl sites for hydroxylation is 2. The number of rotatable bonds is 7. The summed E-state index contributed by atoms with van der Waals surface area (Å²) in [6.07, 6.45) is 1.66. The Morgan fingerprint density at radius 3 is 2.59 bits per heavy atom. The summed E-state index contributed by atoms with van der Waals surface area (Å²) in [5.74, 6) is 1.79. The van der Waals surface area contributed by atoms with Gasteiger partial charge in [-0.2, -0.15) is 4.98 Å². The van der Waals surface area contributed by atoms with Crippen LogP contribution in [0, 0.1) is 6.92 Å². The molecule has 1 saturated heterocycles. The SMILES string of the molecule is COc1ccc(Cl)cc1C(=O)N1CCN(CCCc2nc(-c3ccc(C)cc3)no2)CC1. The fraction of sp³-hybridized carbons (Fsp3) is 0.375. The first-order valence-corrected chi connectivity index (χ1v) is 11.2. The Morgan fingerprint density at radius 1 is 1.12 bits per heavy atom. The number of hydrogen-bond acceptors (Lipinski definition) is 6. The molecule has 168 valence electrons. The number of amides is 1. The van der Waals surface area contributed by atoms with E-state index in [4.69, 9.17) is 20.9 Å². The molecule has 1 amide bonds. The smallest absolute Gasteiger partial charge is 0.257 e. The molecule has 1 aromatic heterocycles. The van der Waals surface area contributed by atoms with Crippen molar-refractivity contribution in [2.75, 3.05) is 39.8 Å². The van der Waals surface area contributed by atoms with Crippen molar-refractivity contribution in [3.05, 3.63) is 64.5 Å². The molecule has 0 N–H and O–H groups in total. The molecular weight excluding hydrogens is 428 g/mol. The van der Waals surface area contributed by atoms with E-state index in [0.717, 1.165) is 38.0 Å². The van der Waals surface area contributed by atoms with E-state index in [0.29, 0.717) is 41.1 Å². The lowest BCUT2D eigenvalue weighted by Gasteiger charge is -2.35. The van der Waals surface area contributed by atoms with Crippen molar-refractivity contribution >= 4 is 17.5 Å². The van der Waals surface area contributed by atoms with Crippen molar-refractivity contribution in [3.8, 4) is 17.1 Å². The van der Waals surface area contributed by atoms with E-state index in [1.165, 1.54) is 5.56 Å². The highest BCUT2D eigenvalue weighted by atomic mass is 35.5. The van der Waals surface area contributed by atoms with Crippen molar-refractivity contribution in [3.63, 3.8) is 0 Å². The molecule has 1 aliphatic heterocycles. The lowest BCUT2D eigenvalue weighted by molar-refractivity contribution is 0.0632. The normalized spacial score (nSPS) is 14.5. The molecule has 2 heterocycles. The predicted octanol–water partition coefficient (Wildman–Crippen LogP) is 4.10. The Hall–Kier alpha value is -2.90. The number of carbonyl (C=O) groups excluding carboxylic acids is 1. The number of methoxy groups -OCH3 is 1. The maximum absolute atomic E-state index is 12.9. The van der Waals surface area contributed by atoms with Crippen LogP contribution in [-0.4, -0.2) is 65.7 Å². The van der Waals surface area contributed by atoms with Gasteiger partial charge < -0.3 is 14.2 Å². The van der Waals surface area contributed by atoms with Crippen LogP contribution in [0.5, 0.6) is 5.75 Å². The number of halogens is 1. The van der Waals surface area contributed by atoms with Gasteiger partial charge in [-0.3, -0.25) is 9.69 Å². The average Bonchev–Trinajstić information content (AvgIpc) is 3.28. The van der Waals surface area contributed by atoms with Gasteiger partial charge in [-0.05, 0) is 38.1 Å². The zero-order valence-corrected chi connectivity index (χ0v) is 19.1. The zero-order valence-electron chi connectivity index (χ0n) is 18.4. The molecule has 7 nitrogen and oxygen atoms in total. The summed E-state index contributed by atoms with van der Waals surface area (Å²) in [7, 11) is 1.56. The highest BCUT2D eigenvalue weighted by Gasteiger charge is 2.24. The standard InChI is InChI=1S/C24H27ClN4O3/c1-17-5-7-18(8-6-17)23-26-22(32-27-23)4-3-11-28-12-14-29(15-13-28)24(30)20-16-19(25)9-10-21(20)31-2/h5-10,16H,3-4,11-15H2,1-2H3. The van der Waals surface area contributed by atoms with Gasteiger partial charge in [0.15, 0.2) is 0 Å². The summed E-state index contributed by atoms with van der Waals surface area (Å²) in [4.78, 5) is 21.6. The molecule has 32 heavy (non-hydrogen) atoms. The van der Waals surface area contributed by atoms with Crippen LogP contribution in [-0.2, 0) is 6.42 Å². The van der Waals surface area contributed by atoms with Gasteiger partial charge >= 0.3 is 0 Å². The highest BCUT2D eigenvalue weighted by Crippen LogP contribution is 2.24. The number of carbonyl (C=O) groups is 1. The minimum absolute atomic E-state index is 0.0431. The number of ether oxygens (including phenoxy) is 1. The maximum atomic E-state index is 12.9. The second-order valence-electron chi connectivity index (χ2n) is 7.96. The van der Waals surface area contributed by atoms with Crippen molar-refractivity contribution in [1.82, 2.24) is 19.9 Å². The van der Waals surface area contributed by atoms with Crippen LogP contribution in [0.3, 0.4) is 0 Å². The molecule has 1 fully saturated rings. The van der Waals surface area contributed by atoms with Crippen molar-refractivity contribution in [1.29, 1.82) is 0 Å². The van der Waals surface area contributed by atoms with E-state index in [2.05, 4.69) is 22.0 Å². The fourth-order valence-corrected chi connectivity index (χ4v) is 3.99. The summed E-state index contributed by atoms with van der Waals surface area (Å²) in [5.41, 5.74) is 2.67. The van der Waals surface area contributed by atoms with Crippen LogP contribution >= 0.6 is 11.6 Å². The van der Waals surface area contributed by atoms with Crippen LogP contribution in [0.25, 0.3) is 11.4 Å². The molecule has 0 saturated carbocycles. The second-order valence-corrected chi connectivity index (χ2v) is 8.40. The summed E-state index contributed by atoms with van der Waals surface area (Å²) >= 11 is 6.08. The third-order valence-corrected chi connectivity index (χ3v) is 5.93. The lowest BCUT2D eigenvalue weighted by atomic mass is 10.1. The quantitative estimate of drug-likeness (QED) is 0.535. The summed E-state index contributed by atoms with van der Waals surface area (Å²) in [5, 5.41) is 4.62. The van der Waals surface area contributed by atoms with Gasteiger partial charge in [-0.25, -0.2) is 0 Å². The van der Waals surface area contributed by atoms with Gasteiger partial charge in [-0.15, -0.1) is 0 Å². The van der Waals surface area contributed by atoms with Gasteiger partial charge in [0.05, 0.1) is 12.7 Å². The van der Waals surface area contributed by atoms with Gasteiger partial charge in [0.1, 0.15) is 5.75 Å². The number of piperazine rings is 1. The molecule has 0 atom stereocenters. The number of nitrogens with zero attached hydrogens (tertiary/aromatic N) is 4.